The van der Waals surface area contributed by atoms with Crippen molar-refractivity contribution in [1.29, 1.82) is 0 Å². The van der Waals surface area contributed by atoms with E-state index >= 15 is 0 Å². The van der Waals surface area contributed by atoms with Gasteiger partial charge in [-0.05, 0) is 88.6 Å². The summed E-state index contributed by atoms with van der Waals surface area (Å²) in [6, 6.07) is 10.1. The van der Waals surface area contributed by atoms with E-state index in [9.17, 15) is 9.90 Å². The van der Waals surface area contributed by atoms with Gasteiger partial charge in [-0.15, -0.1) is 0 Å². The fourth-order valence-electron chi connectivity index (χ4n) is 5.23. The van der Waals surface area contributed by atoms with E-state index in [0.29, 0.717) is 29.3 Å². The van der Waals surface area contributed by atoms with Crippen molar-refractivity contribution in [3.05, 3.63) is 70.7 Å². The molecular weight excluding hydrogens is 502 g/mol. The number of aromatic nitrogens is 2. The molecule has 214 valence electrons. The summed E-state index contributed by atoms with van der Waals surface area (Å²) in [6.07, 6.45) is 4.39. The van der Waals surface area contributed by atoms with Crippen molar-refractivity contribution in [3.8, 4) is 17.0 Å². The van der Waals surface area contributed by atoms with Gasteiger partial charge >= 0.3 is 5.97 Å². The molecular formula is C33H43N3O4. The first-order chi connectivity index (χ1) is 18.8. The third-order valence-corrected chi connectivity index (χ3v) is 7.72. The molecule has 0 saturated carbocycles. The van der Waals surface area contributed by atoms with Gasteiger partial charge in [-0.25, -0.2) is 4.79 Å². The molecule has 7 heteroatoms. The van der Waals surface area contributed by atoms with E-state index in [1.165, 1.54) is 16.7 Å². The lowest BCUT2D eigenvalue weighted by atomic mass is 9.82. The number of hydrogen-bond acceptors (Lipinski definition) is 6. The Hall–Kier alpha value is -3.45. The van der Waals surface area contributed by atoms with Crippen molar-refractivity contribution in [2.75, 3.05) is 18.0 Å². The lowest BCUT2D eigenvalue weighted by Gasteiger charge is -2.40. The first-order valence-electron chi connectivity index (χ1n) is 14.1. The van der Waals surface area contributed by atoms with E-state index in [4.69, 9.17) is 14.5 Å². The van der Waals surface area contributed by atoms with E-state index < -0.39 is 17.7 Å². The number of aliphatic carboxylic acids is 1. The second-order valence-electron chi connectivity index (χ2n) is 12.7. The highest BCUT2D eigenvalue weighted by Crippen LogP contribution is 2.43. The van der Waals surface area contributed by atoms with Crippen molar-refractivity contribution in [1.82, 2.24) is 9.97 Å². The Morgan fingerprint density at radius 1 is 1.02 bits per heavy atom. The van der Waals surface area contributed by atoms with Crippen molar-refractivity contribution >= 4 is 11.7 Å². The van der Waals surface area contributed by atoms with Crippen LogP contribution in [0.2, 0.25) is 0 Å². The molecule has 2 aromatic heterocycles. The molecule has 3 heterocycles. The smallest absolute Gasteiger partial charge is 0.337 e. The molecule has 0 unspecified atom stereocenters. The zero-order chi connectivity index (χ0) is 29.2. The van der Waals surface area contributed by atoms with E-state index in [0.717, 1.165) is 37.2 Å². The minimum Gasteiger partial charge on any atom is -0.487 e. The maximum atomic E-state index is 12.6. The molecule has 1 atom stereocenters. The molecule has 40 heavy (non-hydrogen) atoms. The van der Waals surface area contributed by atoms with Crippen LogP contribution in [0.25, 0.3) is 11.3 Å². The fraction of sp³-hybridized carbons (Fsp3) is 0.485. The van der Waals surface area contributed by atoms with Crippen molar-refractivity contribution in [2.45, 2.75) is 86.5 Å². The van der Waals surface area contributed by atoms with Gasteiger partial charge in [0.1, 0.15) is 12.4 Å². The predicted molar refractivity (Wildman–Crippen MR) is 159 cm³/mol. The first-order valence-corrected chi connectivity index (χ1v) is 14.1. The zero-order valence-electron chi connectivity index (χ0n) is 25.2. The van der Waals surface area contributed by atoms with Gasteiger partial charge in [-0.3, -0.25) is 9.97 Å². The molecule has 1 N–H and O–H groups in total. The quantitative estimate of drug-likeness (QED) is 0.320. The number of nitrogens with zero attached hydrogens (tertiary/aromatic N) is 3. The monoisotopic (exact) mass is 545 g/mol. The Kier molecular flexibility index (Phi) is 8.55. The van der Waals surface area contributed by atoms with Crippen LogP contribution in [0.5, 0.6) is 5.75 Å². The third-order valence-electron chi connectivity index (χ3n) is 7.72. The number of piperidine rings is 1. The van der Waals surface area contributed by atoms with Crippen LogP contribution in [0.3, 0.4) is 0 Å². The standard InChI is InChI=1S/C33H43N3O4/c1-21-10-9-11-22(2)26(21)20-39-24-12-13-27(35-18-24)25-19-34-23(3)28(30(31(37)38)40-32(4,5)6)29(25)36-16-14-33(7,8)15-17-36/h9-13,18-19,30H,14-17,20H2,1-8H3,(H,37,38)/t30-/m0/s1. The Morgan fingerprint density at radius 2 is 1.68 bits per heavy atom. The Bertz CT molecular complexity index is 1330. The predicted octanol–water partition coefficient (Wildman–Crippen LogP) is 7.22. The van der Waals surface area contributed by atoms with Gasteiger partial charge < -0.3 is 19.5 Å². The summed E-state index contributed by atoms with van der Waals surface area (Å²) in [5.74, 6) is -0.355. The highest BCUT2D eigenvalue weighted by Gasteiger charge is 2.36. The molecule has 0 bridgehead atoms. The van der Waals surface area contributed by atoms with Gasteiger partial charge in [0, 0.05) is 36.1 Å². The van der Waals surface area contributed by atoms with E-state index in [1.54, 1.807) is 6.20 Å². The SMILES string of the molecule is Cc1cccc(C)c1COc1ccc(-c2cnc(C)c([C@H](OC(C)(C)C)C(=O)O)c2N2CCC(C)(C)CC2)nc1. The molecule has 1 saturated heterocycles. The summed E-state index contributed by atoms with van der Waals surface area (Å²) < 4.78 is 12.2. The summed E-state index contributed by atoms with van der Waals surface area (Å²) in [5.41, 5.74) is 6.75. The van der Waals surface area contributed by atoms with Crippen molar-refractivity contribution in [3.63, 3.8) is 0 Å². The lowest BCUT2D eigenvalue weighted by Crippen LogP contribution is -2.39. The molecule has 7 nitrogen and oxygen atoms in total. The second-order valence-corrected chi connectivity index (χ2v) is 12.7. The molecule has 0 aliphatic carbocycles. The average Bonchev–Trinajstić information content (AvgIpc) is 2.87. The van der Waals surface area contributed by atoms with Crippen LogP contribution < -0.4 is 9.64 Å². The number of carboxylic acid groups (broad SMARTS) is 1. The molecule has 0 radical (unpaired) electrons. The van der Waals surface area contributed by atoms with Gasteiger partial charge in [0.25, 0.3) is 0 Å². The molecule has 0 amide bonds. The number of carboxylic acids is 1. The van der Waals surface area contributed by atoms with Crippen LogP contribution >= 0.6 is 0 Å². The summed E-state index contributed by atoms with van der Waals surface area (Å²) in [7, 11) is 0. The molecule has 1 aromatic carbocycles. The minimum absolute atomic E-state index is 0.236. The van der Waals surface area contributed by atoms with Crippen molar-refractivity contribution < 1.29 is 19.4 Å². The largest absolute Gasteiger partial charge is 0.487 e. The number of pyridine rings is 2. The van der Waals surface area contributed by atoms with E-state index in [2.05, 4.69) is 55.8 Å². The summed E-state index contributed by atoms with van der Waals surface area (Å²) >= 11 is 0. The Balaban J connectivity index is 1.74. The maximum Gasteiger partial charge on any atom is 0.337 e. The summed E-state index contributed by atoms with van der Waals surface area (Å²) in [6.45, 7) is 18.3. The summed E-state index contributed by atoms with van der Waals surface area (Å²) in [4.78, 5) is 24.3. The van der Waals surface area contributed by atoms with Gasteiger partial charge in [0.05, 0.1) is 23.2 Å². The van der Waals surface area contributed by atoms with Gasteiger partial charge in [0.15, 0.2) is 6.10 Å². The highest BCUT2D eigenvalue weighted by molar-refractivity contribution is 5.85. The van der Waals surface area contributed by atoms with Crippen molar-refractivity contribution in [2.24, 2.45) is 5.41 Å². The number of rotatable bonds is 8. The van der Waals surface area contributed by atoms with Crippen LogP contribution in [-0.2, 0) is 16.1 Å². The minimum atomic E-state index is -1.16. The molecule has 0 spiro atoms. The zero-order valence-corrected chi connectivity index (χ0v) is 25.2. The molecule has 1 aliphatic rings. The number of benzene rings is 1. The van der Waals surface area contributed by atoms with Crippen LogP contribution in [0.15, 0.2) is 42.7 Å². The normalized spacial score (nSPS) is 16.1. The van der Waals surface area contributed by atoms with Crippen LogP contribution in [0.1, 0.15) is 81.5 Å². The fourth-order valence-corrected chi connectivity index (χ4v) is 5.23. The van der Waals surface area contributed by atoms with Gasteiger partial charge in [0.2, 0.25) is 0 Å². The Morgan fingerprint density at radius 3 is 2.23 bits per heavy atom. The molecule has 1 fully saturated rings. The topological polar surface area (TPSA) is 84.8 Å². The van der Waals surface area contributed by atoms with E-state index in [1.807, 2.05) is 46.0 Å². The third kappa shape index (κ3) is 6.81. The van der Waals surface area contributed by atoms with Crippen LogP contribution in [-0.4, -0.2) is 39.7 Å². The number of carbonyl (C=O) groups is 1. The van der Waals surface area contributed by atoms with Gasteiger partial charge in [-0.1, -0.05) is 32.0 Å². The van der Waals surface area contributed by atoms with Crippen LogP contribution in [0, 0.1) is 26.2 Å². The number of aryl methyl sites for hydroxylation is 3. The van der Waals surface area contributed by atoms with E-state index in [-0.39, 0.29) is 5.41 Å². The molecule has 4 rings (SSSR count). The maximum absolute atomic E-state index is 12.6. The Labute approximate surface area is 238 Å². The number of hydrogen-bond donors (Lipinski definition) is 1. The molecule has 3 aromatic rings. The average molecular weight is 546 g/mol. The highest BCUT2D eigenvalue weighted by atomic mass is 16.5. The van der Waals surface area contributed by atoms with Gasteiger partial charge in [-0.2, -0.15) is 0 Å². The number of ether oxygens (including phenoxy) is 2. The molecule has 1 aliphatic heterocycles. The second kappa shape index (κ2) is 11.6. The number of anilines is 1. The first kappa shape index (κ1) is 29.5. The summed E-state index contributed by atoms with van der Waals surface area (Å²) in [5, 5.41) is 10.3. The van der Waals surface area contributed by atoms with Crippen LogP contribution in [0.4, 0.5) is 5.69 Å². The lowest BCUT2D eigenvalue weighted by molar-refractivity contribution is -0.160.